The smallest absolute Gasteiger partial charge is 0.264 e. The second-order valence-electron chi connectivity index (χ2n) is 5.26. The highest BCUT2D eigenvalue weighted by Gasteiger charge is 2.29. The third-order valence-corrected chi connectivity index (χ3v) is 4.68. The summed E-state index contributed by atoms with van der Waals surface area (Å²) in [6, 6.07) is 6.00. The maximum atomic E-state index is 12.7. The molecule has 0 N–H and O–H groups in total. The predicted octanol–water partition coefficient (Wildman–Crippen LogP) is 3.24. The third-order valence-electron chi connectivity index (χ3n) is 3.82. The van der Waals surface area contributed by atoms with Gasteiger partial charge in [0, 0.05) is 19.8 Å². The van der Waals surface area contributed by atoms with Gasteiger partial charge in [-0.1, -0.05) is 18.9 Å². The molecular formula is C15H19N3OS. The Morgan fingerprint density at radius 2 is 2.25 bits per heavy atom. The molecule has 1 aliphatic heterocycles. The number of aryl methyl sites for hydroxylation is 1. The molecule has 2 aromatic heterocycles. The molecule has 1 fully saturated rings. The Bertz CT molecular complexity index is 576. The Hall–Kier alpha value is -1.62. The van der Waals surface area contributed by atoms with Crippen molar-refractivity contribution in [2.75, 3.05) is 6.54 Å². The van der Waals surface area contributed by atoms with Gasteiger partial charge in [-0.05, 0) is 30.4 Å². The molecule has 1 unspecified atom stereocenters. The van der Waals surface area contributed by atoms with Crippen molar-refractivity contribution in [1.82, 2.24) is 14.7 Å². The first-order chi connectivity index (χ1) is 9.75. The molecule has 0 aromatic carbocycles. The summed E-state index contributed by atoms with van der Waals surface area (Å²) in [5, 5.41) is 6.48. The predicted molar refractivity (Wildman–Crippen MR) is 79.8 cm³/mol. The number of hydrogen-bond acceptors (Lipinski definition) is 3. The average molecular weight is 289 g/mol. The van der Waals surface area contributed by atoms with E-state index in [2.05, 4.69) is 5.10 Å². The van der Waals surface area contributed by atoms with Crippen LogP contribution in [0.15, 0.2) is 29.8 Å². The highest BCUT2D eigenvalue weighted by molar-refractivity contribution is 7.12. The monoisotopic (exact) mass is 289 g/mol. The van der Waals surface area contributed by atoms with Crippen LogP contribution in [-0.4, -0.2) is 27.1 Å². The van der Waals surface area contributed by atoms with Gasteiger partial charge in [0.05, 0.1) is 16.6 Å². The van der Waals surface area contributed by atoms with Crippen LogP contribution >= 0.6 is 11.3 Å². The Labute approximate surface area is 123 Å². The van der Waals surface area contributed by atoms with Gasteiger partial charge in [-0.25, -0.2) is 0 Å². The molecule has 1 amide bonds. The molecule has 0 aliphatic carbocycles. The number of likely N-dealkylation sites (tertiary alicyclic amines) is 1. The van der Waals surface area contributed by atoms with Crippen LogP contribution in [0.3, 0.4) is 0 Å². The van der Waals surface area contributed by atoms with E-state index in [1.807, 2.05) is 46.4 Å². The quantitative estimate of drug-likeness (QED) is 0.851. The van der Waals surface area contributed by atoms with E-state index in [1.165, 1.54) is 17.8 Å². The van der Waals surface area contributed by atoms with Crippen LogP contribution in [0.5, 0.6) is 0 Å². The molecule has 1 saturated heterocycles. The van der Waals surface area contributed by atoms with Crippen molar-refractivity contribution >= 4 is 17.2 Å². The number of nitrogens with zero attached hydrogens (tertiary/aromatic N) is 3. The van der Waals surface area contributed by atoms with Crippen LogP contribution in [0.25, 0.3) is 0 Å². The van der Waals surface area contributed by atoms with Crippen molar-refractivity contribution < 1.29 is 4.79 Å². The number of amides is 1. The van der Waals surface area contributed by atoms with Crippen LogP contribution in [0.1, 0.15) is 47.1 Å². The minimum absolute atomic E-state index is 0.119. The largest absolute Gasteiger partial charge is 0.329 e. The lowest BCUT2D eigenvalue weighted by Crippen LogP contribution is -2.34. The summed E-state index contributed by atoms with van der Waals surface area (Å²) >= 11 is 1.52. The number of hydrogen-bond donors (Lipinski definition) is 0. The lowest BCUT2D eigenvalue weighted by Gasteiger charge is -2.28. The third kappa shape index (κ3) is 2.63. The van der Waals surface area contributed by atoms with Gasteiger partial charge in [-0.15, -0.1) is 11.3 Å². The SMILES string of the molecule is Cn1ccc(C2CCCCCN2C(=O)c2cccs2)n1. The number of carbonyl (C=O) groups is 1. The molecule has 0 spiro atoms. The van der Waals surface area contributed by atoms with Gasteiger partial charge in [0.2, 0.25) is 0 Å². The highest BCUT2D eigenvalue weighted by atomic mass is 32.1. The van der Waals surface area contributed by atoms with Gasteiger partial charge < -0.3 is 4.90 Å². The van der Waals surface area contributed by atoms with E-state index in [0.29, 0.717) is 0 Å². The van der Waals surface area contributed by atoms with Gasteiger partial charge >= 0.3 is 0 Å². The van der Waals surface area contributed by atoms with Crippen molar-refractivity contribution in [3.05, 3.63) is 40.3 Å². The summed E-state index contributed by atoms with van der Waals surface area (Å²) in [6.45, 7) is 0.831. The van der Waals surface area contributed by atoms with Gasteiger partial charge in [0.15, 0.2) is 0 Å². The molecular weight excluding hydrogens is 270 g/mol. The fourth-order valence-electron chi connectivity index (χ4n) is 2.81. The van der Waals surface area contributed by atoms with Gasteiger partial charge in [0.1, 0.15) is 0 Å². The van der Waals surface area contributed by atoms with Crippen LogP contribution in [0.4, 0.5) is 0 Å². The fraction of sp³-hybridized carbons (Fsp3) is 0.467. The first-order valence-corrected chi connectivity index (χ1v) is 7.97. The summed E-state index contributed by atoms with van der Waals surface area (Å²) < 4.78 is 1.81. The maximum Gasteiger partial charge on any atom is 0.264 e. The zero-order valence-electron chi connectivity index (χ0n) is 11.7. The Morgan fingerprint density at radius 1 is 1.35 bits per heavy atom. The second kappa shape index (κ2) is 5.79. The van der Waals surface area contributed by atoms with E-state index in [9.17, 15) is 4.79 Å². The minimum atomic E-state index is 0.119. The van der Waals surface area contributed by atoms with Crippen molar-refractivity contribution in [3.8, 4) is 0 Å². The Morgan fingerprint density at radius 3 is 2.95 bits per heavy atom. The lowest BCUT2D eigenvalue weighted by atomic mass is 10.1. The summed E-state index contributed by atoms with van der Waals surface area (Å²) in [4.78, 5) is 15.5. The second-order valence-corrected chi connectivity index (χ2v) is 6.20. The summed E-state index contributed by atoms with van der Waals surface area (Å²) in [6.07, 6.45) is 6.40. The summed E-state index contributed by atoms with van der Waals surface area (Å²) in [5.41, 5.74) is 1.01. The number of rotatable bonds is 2. The van der Waals surface area contributed by atoms with E-state index < -0.39 is 0 Å². The minimum Gasteiger partial charge on any atom is -0.329 e. The molecule has 106 valence electrons. The van der Waals surface area contributed by atoms with Crippen LogP contribution in [0, 0.1) is 0 Å². The van der Waals surface area contributed by atoms with Crippen molar-refractivity contribution in [2.45, 2.75) is 31.7 Å². The first-order valence-electron chi connectivity index (χ1n) is 7.10. The molecule has 2 aromatic rings. The van der Waals surface area contributed by atoms with Gasteiger partial charge in [-0.3, -0.25) is 9.48 Å². The average Bonchev–Trinajstić information content (AvgIpc) is 3.05. The zero-order valence-corrected chi connectivity index (χ0v) is 12.5. The van der Waals surface area contributed by atoms with E-state index >= 15 is 0 Å². The van der Waals surface area contributed by atoms with Crippen molar-refractivity contribution in [2.24, 2.45) is 7.05 Å². The Kier molecular flexibility index (Phi) is 3.87. The molecule has 5 heteroatoms. The van der Waals surface area contributed by atoms with E-state index in [0.717, 1.165) is 36.4 Å². The van der Waals surface area contributed by atoms with Crippen LogP contribution < -0.4 is 0 Å². The standard InChI is InChI=1S/C15H19N3OS/c1-17-10-8-12(16-17)13-6-3-2-4-9-18(13)15(19)14-7-5-11-20-14/h5,7-8,10-11,13H,2-4,6,9H2,1H3. The topological polar surface area (TPSA) is 38.1 Å². The van der Waals surface area contributed by atoms with Crippen LogP contribution in [0.2, 0.25) is 0 Å². The van der Waals surface area contributed by atoms with Crippen LogP contribution in [-0.2, 0) is 7.05 Å². The van der Waals surface area contributed by atoms with E-state index in [4.69, 9.17) is 0 Å². The molecule has 0 radical (unpaired) electrons. The number of thiophene rings is 1. The molecule has 1 aliphatic rings. The van der Waals surface area contributed by atoms with Crippen molar-refractivity contribution in [3.63, 3.8) is 0 Å². The zero-order chi connectivity index (χ0) is 13.9. The number of carbonyl (C=O) groups excluding carboxylic acids is 1. The molecule has 4 nitrogen and oxygen atoms in total. The molecule has 0 bridgehead atoms. The van der Waals surface area contributed by atoms with Gasteiger partial charge in [0.25, 0.3) is 5.91 Å². The molecule has 3 heterocycles. The summed E-state index contributed by atoms with van der Waals surface area (Å²) in [7, 11) is 1.92. The molecule has 3 rings (SSSR count). The fourth-order valence-corrected chi connectivity index (χ4v) is 3.49. The van der Waals surface area contributed by atoms with E-state index in [-0.39, 0.29) is 11.9 Å². The maximum absolute atomic E-state index is 12.7. The number of aromatic nitrogens is 2. The van der Waals surface area contributed by atoms with Crippen molar-refractivity contribution in [1.29, 1.82) is 0 Å². The van der Waals surface area contributed by atoms with Gasteiger partial charge in [-0.2, -0.15) is 5.10 Å². The lowest BCUT2D eigenvalue weighted by molar-refractivity contribution is 0.0681. The molecule has 1 atom stereocenters. The Balaban J connectivity index is 1.89. The summed E-state index contributed by atoms with van der Waals surface area (Å²) in [5.74, 6) is 0.151. The first kappa shape index (κ1) is 13.4. The van der Waals surface area contributed by atoms with E-state index in [1.54, 1.807) is 0 Å². The molecule has 0 saturated carbocycles. The normalized spacial score (nSPS) is 19.9. The molecule has 20 heavy (non-hydrogen) atoms. The highest BCUT2D eigenvalue weighted by Crippen LogP contribution is 2.31.